The zero-order valence-corrected chi connectivity index (χ0v) is 9.82. The number of anilines is 1. The molecule has 0 aliphatic heterocycles. The van der Waals surface area contributed by atoms with Crippen molar-refractivity contribution in [3.8, 4) is 12.1 Å². The molecule has 0 saturated carbocycles. The van der Waals surface area contributed by atoms with Crippen LogP contribution in [0.15, 0.2) is 24.3 Å². The molecule has 1 rings (SSSR count). The van der Waals surface area contributed by atoms with Gasteiger partial charge in [0.1, 0.15) is 5.41 Å². The minimum atomic E-state index is -1.05. The Morgan fingerprint density at radius 2 is 1.88 bits per heavy atom. The molecule has 0 unspecified atom stereocenters. The van der Waals surface area contributed by atoms with E-state index in [1.807, 2.05) is 12.1 Å². The van der Waals surface area contributed by atoms with Crippen LogP contribution in [0.2, 0.25) is 0 Å². The SMILES string of the molecule is CC(C)(C#N)C(=O)Nc1ccc(CC#N)cc1. The number of carbonyl (C=O) groups is 1. The van der Waals surface area contributed by atoms with E-state index in [1.54, 1.807) is 38.1 Å². The van der Waals surface area contributed by atoms with Crippen molar-refractivity contribution in [2.75, 3.05) is 5.32 Å². The molecule has 0 aliphatic rings. The van der Waals surface area contributed by atoms with Crippen molar-refractivity contribution in [1.82, 2.24) is 0 Å². The van der Waals surface area contributed by atoms with E-state index in [9.17, 15) is 4.79 Å². The minimum Gasteiger partial charge on any atom is -0.325 e. The van der Waals surface area contributed by atoms with Gasteiger partial charge in [0.15, 0.2) is 0 Å². The van der Waals surface area contributed by atoms with E-state index in [0.29, 0.717) is 12.1 Å². The van der Waals surface area contributed by atoms with Gasteiger partial charge >= 0.3 is 0 Å². The molecule has 17 heavy (non-hydrogen) atoms. The van der Waals surface area contributed by atoms with Gasteiger partial charge in [0.05, 0.1) is 18.6 Å². The predicted octanol–water partition coefficient (Wildman–Crippen LogP) is 2.24. The van der Waals surface area contributed by atoms with Crippen molar-refractivity contribution in [3.05, 3.63) is 29.8 Å². The van der Waals surface area contributed by atoms with Gasteiger partial charge in [-0.1, -0.05) is 12.1 Å². The number of benzene rings is 1. The molecule has 0 atom stereocenters. The van der Waals surface area contributed by atoms with Crippen LogP contribution in [0.3, 0.4) is 0 Å². The molecule has 0 aliphatic carbocycles. The van der Waals surface area contributed by atoms with Crippen molar-refractivity contribution in [2.45, 2.75) is 20.3 Å². The molecule has 0 saturated heterocycles. The number of rotatable bonds is 3. The second-order valence-electron chi connectivity index (χ2n) is 4.22. The fraction of sp³-hybridized carbons (Fsp3) is 0.308. The standard InChI is InChI=1S/C13H13N3O/c1-13(2,9-15)12(17)16-11-5-3-10(4-6-11)7-8-14/h3-6H,7H2,1-2H3,(H,16,17). The average molecular weight is 227 g/mol. The quantitative estimate of drug-likeness (QED) is 0.860. The average Bonchev–Trinajstić information content (AvgIpc) is 2.32. The number of nitriles is 2. The lowest BCUT2D eigenvalue weighted by Crippen LogP contribution is -2.29. The molecule has 1 N–H and O–H groups in total. The molecule has 0 spiro atoms. The van der Waals surface area contributed by atoms with Crippen molar-refractivity contribution >= 4 is 11.6 Å². The molecule has 1 amide bonds. The van der Waals surface area contributed by atoms with Gasteiger partial charge in [-0.25, -0.2) is 0 Å². The molecule has 1 aromatic carbocycles. The highest BCUT2D eigenvalue weighted by atomic mass is 16.2. The number of carbonyl (C=O) groups excluding carboxylic acids is 1. The molecule has 0 fully saturated rings. The van der Waals surface area contributed by atoms with Crippen LogP contribution in [-0.4, -0.2) is 5.91 Å². The van der Waals surface area contributed by atoms with E-state index >= 15 is 0 Å². The maximum absolute atomic E-state index is 11.7. The van der Waals surface area contributed by atoms with Crippen LogP contribution in [0.4, 0.5) is 5.69 Å². The Balaban J connectivity index is 2.75. The largest absolute Gasteiger partial charge is 0.325 e. The van der Waals surface area contributed by atoms with Crippen LogP contribution in [0.5, 0.6) is 0 Å². The fourth-order valence-electron chi connectivity index (χ4n) is 1.14. The summed E-state index contributed by atoms with van der Waals surface area (Å²) in [5.74, 6) is -0.340. The molecule has 0 radical (unpaired) electrons. The first-order valence-electron chi connectivity index (χ1n) is 5.18. The van der Waals surface area contributed by atoms with Gasteiger partial charge < -0.3 is 5.32 Å². The van der Waals surface area contributed by atoms with Crippen molar-refractivity contribution < 1.29 is 4.79 Å². The van der Waals surface area contributed by atoms with Gasteiger partial charge in [0.25, 0.3) is 0 Å². The third-order valence-electron chi connectivity index (χ3n) is 2.34. The summed E-state index contributed by atoms with van der Waals surface area (Å²) >= 11 is 0. The van der Waals surface area contributed by atoms with Crippen LogP contribution in [-0.2, 0) is 11.2 Å². The van der Waals surface area contributed by atoms with Gasteiger partial charge in [-0.3, -0.25) is 4.79 Å². The Bertz CT molecular complexity index is 489. The summed E-state index contributed by atoms with van der Waals surface area (Å²) < 4.78 is 0. The Labute approximate surface area is 100 Å². The highest BCUT2D eigenvalue weighted by molar-refractivity contribution is 5.96. The molecule has 4 heteroatoms. The van der Waals surface area contributed by atoms with Crippen molar-refractivity contribution in [1.29, 1.82) is 10.5 Å². The summed E-state index contributed by atoms with van der Waals surface area (Å²) in [6, 6.07) is 11.0. The van der Waals surface area contributed by atoms with Crippen LogP contribution in [0.25, 0.3) is 0 Å². The maximum Gasteiger partial charge on any atom is 0.244 e. The van der Waals surface area contributed by atoms with Crippen LogP contribution in [0, 0.1) is 28.1 Å². The Morgan fingerprint density at radius 1 is 1.29 bits per heavy atom. The first-order chi connectivity index (χ1) is 7.99. The van der Waals surface area contributed by atoms with Gasteiger partial charge in [-0.15, -0.1) is 0 Å². The number of nitrogens with one attached hydrogen (secondary N) is 1. The number of hydrogen-bond donors (Lipinski definition) is 1. The molecule has 0 bridgehead atoms. The molecular formula is C13H13N3O. The first kappa shape index (κ1) is 12.7. The molecule has 4 nitrogen and oxygen atoms in total. The molecule has 1 aromatic rings. The maximum atomic E-state index is 11.7. The second kappa shape index (κ2) is 5.14. The normalized spacial score (nSPS) is 10.1. The summed E-state index contributed by atoms with van der Waals surface area (Å²) in [5.41, 5.74) is 0.468. The second-order valence-corrected chi connectivity index (χ2v) is 4.22. The van der Waals surface area contributed by atoms with Gasteiger partial charge in [0, 0.05) is 5.69 Å². The fourth-order valence-corrected chi connectivity index (χ4v) is 1.14. The van der Waals surface area contributed by atoms with E-state index in [-0.39, 0.29) is 5.91 Å². The predicted molar refractivity (Wildman–Crippen MR) is 63.8 cm³/mol. The zero-order chi connectivity index (χ0) is 12.9. The smallest absolute Gasteiger partial charge is 0.244 e. The molecule has 0 heterocycles. The summed E-state index contributed by atoms with van der Waals surface area (Å²) in [4.78, 5) is 11.7. The zero-order valence-electron chi connectivity index (χ0n) is 9.82. The lowest BCUT2D eigenvalue weighted by atomic mass is 9.94. The number of hydrogen-bond acceptors (Lipinski definition) is 3. The van der Waals surface area contributed by atoms with Crippen LogP contribution in [0.1, 0.15) is 19.4 Å². The van der Waals surface area contributed by atoms with E-state index in [0.717, 1.165) is 5.56 Å². The van der Waals surface area contributed by atoms with Crippen molar-refractivity contribution in [2.24, 2.45) is 5.41 Å². The van der Waals surface area contributed by atoms with Crippen LogP contribution >= 0.6 is 0 Å². The van der Waals surface area contributed by atoms with Crippen molar-refractivity contribution in [3.63, 3.8) is 0 Å². The summed E-state index contributed by atoms with van der Waals surface area (Å²) in [6.45, 7) is 3.12. The highest BCUT2D eigenvalue weighted by Crippen LogP contribution is 2.17. The third kappa shape index (κ3) is 3.32. The van der Waals surface area contributed by atoms with E-state index < -0.39 is 5.41 Å². The van der Waals surface area contributed by atoms with E-state index in [4.69, 9.17) is 10.5 Å². The lowest BCUT2D eigenvalue weighted by molar-refractivity contribution is -0.121. The van der Waals surface area contributed by atoms with E-state index in [1.165, 1.54) is 0 Å². The molecular weight excluding hydrogens is 214 g/mol. The number of amides is 1. The van der Waals surface area contributed by atoms with E-state index in [2.05, 4.69) is 5.32 Å². The van der Waals surface area contributed by atoms with Gasteiger partial charge in [0.2, 0.25) is 5.91 Å². The van der Waals surface area contributed by atoms with Gasteiger partial charge in [-0.2, -0.15) is 10.5 Å². The Hall–Kier alpha value is -2.33. The monoisotopic (exact) mass is 227 g/mol. The van der Waals surface area contributed by atoms with Crippen LogP contribution < -0.4 is 5.32 Å². The highest BCUT2D eigenvalue weighted by Gasteiger charge is 2.27. The molecule has 86 valence electrons. The third-order valence-corrected chi connectivity index (χ3v) is 2.34. The Kier molecular flexibility index (Phi) is 3.85. The summed E-state index contributed by atoms with van der Waals surface area (Å²) in [7, 11) is 0. The summed E-state index contributed by atoms with van der Waals surface area (Å²) in [5, 5.41) is 20.0. The first-order valence-corrected chi connectivity index (χ1v) is 5.18. The summed E-state index contributed by atoms with van der Waals surface area (Å²) in [6.07, 6.45) is 0.345. The van der Waals surface area contributed by atoms with Gasteiger partial charge in [-0.05, 0) is 31.5 Å². The minimum absolute atomic E-state index is 0.340. The number of nitrogens with zero attached hydrogens (tertiary/aromatic N) is 2. The molecule has 0 aromatic heterocycles. The Morgan fingerprint density at radius 3 is 2.35 bits per heavy atom. The topological polar surface area (TPSA) is 76.7 Å². The lowest BCUT2D eigenvalue weighted by Gasteiger charge is -2.14.